The standard InChI is InChI=1S/C12H25NO/c1-11(2)10(12(11,3)4)13-8-6-5-7-9-14/h10,13-14H,5-9H2,1-4H3. The van der Waals surface area contributed by atoms with Crippen molar-refractivity contribution in [3.05, 3.63) is 0 Å². The number of hydrogen-bond donors (Lipinski definition) is 2. The molecule has 2 N–H and O–H groups in total. The van der Waals surface area contributed by atoms with Crippen LogP contribution < -0.4 is 5.32 Å². The van der Waals surface area contributed by atoms with Crippen LogP contribution in [0.4, 0.5) is 0 Å². The van der Waals surface area contributed by atoms with Crippen LogP contribution in [0.3, 0.4) is 0 Å². The van der Waals surface area contributed by atoms with Crippen LogP contribution in [-0.4, -0.2) is 24.3 Å². The summed E-state index contributed by atoms with van der Waals surface area (Å²) < 4.78 is 0. The van der Waals surface area contributed by atoms with Crippen molar-refractivity contribution in [2.75, 3.05) is 13.2 Å². The number of unbranched alkanes of at least 4 members (excludes halogenated alkanes) is 2. The van der Waals surface area contributed by atoms with Crippen LogP contribution >= 0.6 is 0 Å². The summed E-state index contributed by atoms with van der Waals surface area (Å²) in [7, 11) is 0. The van der Waals surface area contributed by atoms with Crippen molar-refractivity contribution >= 4 is 0 Å². The molecule has 0 atom stereocenters. The first-order chi connectivity index (χ1) is 6.44. The van der Waals surface area contributed by atoms with Crippen molar-refractivity contribution in [3.63, 3.8) is 0 Å². The Balaban J connectivity index is 2.10. The normalized spacial score (nSPS) is 23.8. The van der Waals surface area contributed by atoms with E-state index in [1.54, 1.807) is 0 Å². The fourth-order valence-electron chi connectivity index (χ4n) is 2.37. The van der Waals surface area contributed by atoms with E-state index in [2.05, 4.69) is 33.0 Å². The molecule has 0 aromatic carbocycles. The van der Waals surface area contributed by atoms with E-state index < -0.39 is 0 Å². The molecule has 1 rings (SSSR count). The van der Waals surface area contributed by atoms with Gasteiger partial charge in [0, 0.05) is 12.6 Å². The van der Waals surface area contributed by atoms with Gasteiger partial charge in [-0.15, -0.1) is 0 Å². The Hall–Kier alpha value is -0.0800. The number of nitrogens with one attached hydrogen (secondary N) is 1. The molecule has 0 spiro atoms. The quantitative estimate of drug-likeness (QED) is 0.643. The second kappa shape index (κ2) is 4.19. The van der Waals surface area contributed by atoms with Gasteiger partial charge >= 0.3 is 0 Å². The third-order valence-corrected chi connectivity index (χ3v) is 4.20. The van der Waals surface area contributed by atoms with Gasteiger partial charge in [0.1, 0.15) is 0 Å². The summed E-state index contributed by atoms with van der Waals surface area (Å²) in [5.74, 6) is 0. The van der Waals surface area contributed by atoms with E-state index in [9.17, 15) is 0 Å². The SMILES string of the molecule is CC1(C)C(NCCCCCO)C1(C)C. The molecule has 1 aliphatic carbocycles. The summed E-state index contributed by atoms with van der Waals surface area (Å²) in [6.45, 7) is 10.8. The van der Waals surface area contributed by atoms with Crippen LogP contribution in [0.15, 0.2) is 0 Å². The van der Waals surface area contributed by atoms with Crippen molar-refractivity contribution in [1.82, 2.24) is 5.32 Å². The van der Waals surface area contributed by atoms with Gasteiger partial charge in [0.05, 0.1) is 0 Å². The molecule has 0 unspecified atom stereocenters. The molecule has 0 bridgehead atoms. The predicted octanol–water partition coefficient (Wildman–Crippen LogP) is 2.17. The van der Waals surface area contributed by atoms with Gasteiger partial charge in [0.2, 0.25) is 0 Å². The van der Waals surface area contributed by atoms with Gasteiger partial charge in [-0.25, -0.2) is 0 Å². The molecule has 0 aromatic heterocycles. The van der Waals surface area contributed by atoms with E-state index in [4.69, 9.17) is 5.11 Å². The van der Waals surface area contributed by atoms with Crippen molar-refractivity contribution in [2.24, 2.45) is 10.8 Å². The Labute approximate surface area is 88.1 Å². The predicted molar refractivity (Wildman–Crippen MR) is 60.3 cm³/mol. The maximum absolute atomic E-state index is 8.63. The van der Waals surface area contributed by atoms with Crippen molar-refractivity contribution in [3.8, 4) is 0 Å². The van der Waals surface area contributed by atoms with Crippen LogP contribution in [0.1, 0.15) is 47.0 Å². The van der Waals surface area contributed by atoms with Gasteiger partial charge in [-0.2, -0.15) is 0 Å². The maximum Gasteiger partial charge on any atom is 0.0431 e. The average Bonchev–Trinajstić information content (AvgIpc) is 2.46. The smallest absolute Gasteiger partial charge is 0.0431 e. The summed E-state index contributed by atoms with van der Waals surface area (Å²) in [6.07, 6.45) is 3.26. The lowest BCUT2D eigenvalue weighted by Crippen LogP contribution is -2.23. The molecule has 0 amide bonds. The number of aliphatic hydroxyl groups excluding tert-OH is 1. The highest BCUT2D eigenvalue weighted by Gasteiger charge is 2.64. The van der Waals surface area contributed by atoms with Crippen molar-refractivity contribution < 1.29 is 5.11 Å². The van der Waals surface area contributed by atoms with E-state index in [1.807, 2.05) is 0 Å². The fourth-order valence-corrected chi connectivity index (χ4v) is 2.37. The molecule has 14 heavy (non-hydrogen) atoms. The maximum atomic E-state index is 8.63. The molecule has 0 saturated heterocycles. The molecule has 0 heterocycles. The molecular weight excluding hydrogens is 174 g/mol. The Kier molecular flexibility index (Phi) is 3.59. The Morgan fingerprint density at radius 1 is 1.00 bits per heavy atom. The van der Waals surface area contributed by atoms with Crippen LogP contribution in [0.2, 0.25) is 0 Å². The zero-order valence-corrected chi connectivity index (χ0v) is 10.1. The third-order valence-electron chi connectivity index (χ3n) is 4.20. The third kappa shape index (κ3) is 2.12. The lowest BCUT2D eigenvalue weighted by Gasteiger charge is -2.05. The van der Waals surface area contributed by atoms with Crippen LogP contribution in [0.25, 0.3) is 0 Å². The second-order valence-corrected chi connectivity index (χ2v) is 5.61. The number of rotatable bonds is 6. The zero-order chi connectivity index (χ0) is 10.8. The lowest BCUT2D eigenvalue weighted by molar-refractivity contribution is 0.282. The van der Waals surface area contributed by atoms with E-state index >= 15 is 0 Å². The Morgan fingerprint density at radius 3 is 2.00 bits per heavy atom. The minimum Gasteiger partial charge on any atom is -0.396 e. The second-order valence-electron chi connectivity index (χ2n) is 5.61. The number of hydrogen-bond acceptors (Lipinski definition) is 2. The summed E-state index contributed by atoms with van der Waals surface area (Å²) in [5, 5.41) is 12.2. The minimum atomic E-state index is 0.334. The summed E-state index contributed by atoms with van der Waals surface area (Å²) in [5.41, 5.74) is 0.897. The Morgan fingerprint density at radius 2 is 1.57 bits per heavy atom. The zero-order valence-electron chi connectivity index (χ0n) is 10.1. The molecule has 1 aliphatic rings. The molecule has 2 nitrogen and oxygen atoms in total. The summed E-state index contributed by atoms with van der Waals surface area (Å²) >= 11 is 0. The molecule has 2 heteroatoms. The number of aliphatic hydroxyl groups is 1. The average molecular weight is 199 g/mol. The molecule has 0 aliphatic heterocycles. The first-order valence-corrected chi connectivity index (χ1v) is 5.79. The van der Waals surface area contributed by atoms with Crippen molar-refractivity contribution in [1.29, 1.82) is 0 Å². The first kappa shape index (κ1) is 12.0. The summed E-state index contributed by atoms with van der Waals surface area (Å²) in [4.78, 5) is 0. The molecule has 1 fully saturated rings. The fraction of sp³-hybridized carbons (Fsp3) is 1.00. The summed E-state index contributed by atoms with van der Waals surface area (Å²) in [6, 6.07) is 0.670. The highest BCUT2D eigenvalue weighted by Crippen LogP contribution is 2.62. The first-order valence-electron chi connectivity index (χ1n) is 5.79. The van der Waals surface area contributed by atoms with Crippen LogP contribution in [-0.2, 0) is 0 Å². The Bertz CT molecular complexity index is 173. The van der Waals surface area contributed by atoms with Gasteiger partial charge in [-0.05, 0) is 36.6 Å². The topological polar surface area (TPSA) is 32.3 Å². The van der Waals surface area contributed by atoms with Gasteiger partial charge in [0.15, 0.2) is 0 Å². The molecule has 1 saturated carbocycles. The lowest BCUT2D eigenvalue weighted by atomic mass is 10.0. The van der Waals surface area contributed by atoms with E-state index in [0.717, 1.165) is 19.4 Å². The van der Waals surface area contributed by atoms with Gasteiger partial charge in [-0.1, -0.05) is 27.7 Å². The minimum absolute atomic E-state index is 0.334. The molecule has 0 aromatic rings. The van der Waals surface area contributed by atoms with E-state index in [0.29, 0.717) is 23.5 Å². The molecule has 84 valence electrons. The highest BCUT2D eigenvalue weighted by molar-refractivity contribution is 5.17. The largest absolute Gasteiger partial charge is 0.396 e. The van der Waals surface area contributed by atoms with E-state index in [-0.39, 0.29) is 0 Å². The molecule has 0 radical (unpaired) electrons. The van der Waals surface area contributed by atoms with Gasteiger partial charge in [0.25, 0.3) is 0 Å². The van der Waals surface area contributed by atoms with E-state index in [1.165, 1.54) is 6.42 Å². The van der Waals surface area contributed by atoms with Crippen LogP contribution in [0, 0.1) is 10.8 Å². The van der Waals surface area contributed by atoms with Crippen molar-refractivity contribution in [2.45, 2.75) is 53.0 Å². The molecular formula is C12H25NO. The van der Waals surface area contributed by atoms with Crippen LogP contribution in [0.5, 0.6) is 0 Å². The highest BCUT2D eigenvalue weighted by atomic mass is 16.2. The monoisotopic (exact) mass is 199 g/mol. The van der Waals surface area contributed by atoms with Gasteiger partial charge < -0.3 is 10.4 Å². The van der Waals surface area contributed by atoms with Gasteiger partial charge in [-0.3, -0.25) is 0 Å².